The van der Waals surface area contributed by atoms with Gasteiger partial charge < -0.3 is 29.2 Å². The number of nitriles is 2. The number of rotatable bonds is 39. The van der Waals surface area contributed by atoms with Gasteiger partial charge in [-0.15, -0.1) is 45.3 Å². The minimum Gasteiger partial charge on any atom is -0.494 e. The highest BCUT2D eigenvalue weighted by Crippen LogP contribution is 2.48. The summed E-state index contributed by atoms with van der Waals surface area (Å²) in [4.78, 5) is 40.2. The first-order valence-corrected chi connectivity index (χ1v) is 37.3. The molecule has 490 valence electrons. The molecule has 0 spiro atoms. The van der Waals surface area contributed by atoms with Crippen LogP contribution in [0.3, 0.4) is 0 Å². The Kier molecular flexibility index (Phi) is 26.9. The van der Waals surface area contributed by atoms with Gasteiger partial charge in [0.1, 0.15) is 40.6 Å². The second-order valence-electron chi connectivity index (χ2n) is 24.1. The Balaban J connectivity index is 1.17. The first-order chi connectivity index (χ1) is 46.0. The van der Waals surface area contributed by atoms with Crippen molar-refractivity contribution in [1.82, 2.24) is 9.55 Å². The molecule has 0 unspecified atom stereocenters. The number of anilines is 3. The highest BCUT2D eigenvalue weighted by Gasteiger charge is 2.25. The van der Waals surface area contributed by atoms with Crippen LogP contribution >= 0.6 is 45.3 Å². The smallest absolute Gasteiger partial charge is 0.346 e. The molecule has 9 rings (SSSR count). The molecule has 11 nitrogen and oxygen atoms in total. The van der Waals surface area contributed by atoms with Gasteiger partial charge in [-0.1, -0.05) is 143 Å². The maximum atomic E-state index is 12.1. The molecule has 0 amide bonds. The van der Waals surface area contributed by atoms with Crippen LogP contribution in [0.15, 0.2) is 132 Å². The molecule has 0 aliphatic carbocycles. The summed E-state index contributed by atoms with van der Waals surface area (Å²) in [6.45, 7) is 13.2. The number of thiophene rings is 4. The molecule has 15 heteroatoms. The van der Waals surface area contributed by atoms with Gasteiger partial charge in [0, 0.05) is 79.3 Å². The average molecular weight is 1330 g/mol. The van der Waals surface area contributed by atoms with E-state index in [0.717, 1.165) is 234 Å². The molecular weight excluding hydrogens is 1240 g/mol. The van der Waals surface area contributed by atoms with Gasteiger partial charge >= 0.3 is 11.9 Å². The van der Waals surface area contributed by atoms with Crippen molar-refractivity contribution in [2.75, 3.05) is 18.1 Å². The number of hydrogen-bond acceptors (Lipinski definition) is 12. The summed E-state index contributed by atoms with van der Waals surface area (Å²) in [6.07, 6.45) is 26.6. The fourth-order valence-electron chi connectivity index (χ4n) is 11.8. The van der Waals surface area contributed by atoms with Crippen LogP contribution in [-0.2, 0) is 29.0 Å². The molecule has 5 heterocycles. The number of hydrogen-bond donors (Lipinski definition) is 2. The molecule has 0 saturated heterocycles. The second-order valence-corrected chi connectivity index (χ2v) is 28.4. The number of aromatic nitrogens is 2. The number of aliphatic carboxylic acids is 2. The van der Waals surface area contributed by atoms with Crippen molar-refractivity contribution in [3.63, 3.8) is 0 Å². The zero-order chi connectivity index (χ0) is 66.2. The third-order valence-corrected chi connectivity index (χ3v) is 21.9. The molecule has 0 radical (unpaired) electrons. The van der Waals surface area contributed by atoms with E-state index in [4.69, 9.17) is 14.5 Å². The molecule has 0 saturated carbocycles. The quantitative estimate of drug-likeness (QED) is 0.0215. The lowest BCUT2D eigenvalue weighted by molar-refractivity contribution is -0.133. The third kappa shape index (κ3) is 18.4. The van der Waals surface area contributed by atoms with Gasteiger partial charge in [-0.05, 0) is 177 Å². The molecule has 0 bridgehead atoms. The number of carboxylic acid groups (broad SMARTS) is 2. The number of aryl methyl sites for hydroxylation is 3. The van der Waals surface area contributed by atoms with E-state index in [-0.39, 0.29) is 11.1 Å². The first kappa shape index (κ1) is 70.3. The lowest BCUT2D eigenvalue weighted by atomic mass is 10.0. The summed E-state index contributed by atoms with van der Waals surface area (Å²) < 4.78 is 14.9. The molecule has 4 aromatic carbocycles. The van der Waals surface area contributed by atoms with E-state index < -0.39 is 11.9 Å². The number of ether oxygens (including phenoxy) is 2. The highest BCUT2D eigenvalue weighted by molar-refractivity contribution is 7.25. The summed E-state index contributed by atoms with van der Waals surface area (Å²) in [5, 5.41) is 39.5. The predicted octanol–water partition coefficient (Wildman–Crippen LogP) is 23.8. The minimum atomic E-state index is -1.23. The van der Waals surface area contributed by atoms with Gasteiger partial charge in [-0.3, -0.25) is 0 Å². The zero-order valence-corrected chi connectivity index (χ0v) is 58.5. The predicted molar refractivity (Wildman–Crippen MR) is 395 cm³/mol. The monoisotopic (exact) mass is 1330 g/mol. The largest absolute Gasteiger partial charge is 0.494 e. The van der Waals surface area contributed by atoms with Crippen molar-refractivity contribution in [1.29, 1.82) is 10.5 Å². The summed E-state index contributed by atoms with van der Waals surface area (Å²) >= 11 is 6.48. The van der Waals surface area contributed by atoms with E-state index in [2.05, 4.69) is 165 Å². The van der Waals surface area contributed by atoms with Crippen LogP contribution in [0.5, 0.6) is 11.5 Å². The van der Waals surface area contributed by atoms with Crippen molar-refractivity contribution in [2.24, 2.45) is 0 Å². The van der Waals surface area contributed by atoms with E-state index >= 15 is 0 Å². The Hall–Kier alpha value is -8.05. The van der Waals surface area contributed by atoms with E-state index in [9.17, 15) is 30.3 Å². The van der Waals surface area contributed by atoms with Crippen LogP contribution in [0.2, 0.25) is 0 Å². The molecule has 94 heavy (non-hydrogen) atoms. The van der Waals surface area contributed by atoms with Crippen LogP contribution < -0.4 is 14.4 Å². The van der Waals surface area contributed by atoms with Gasteiger partial charge in [0.05, 0.1) is 24.2 Å². The van der Waals surface area contributed by atoms with Gasteiger partial charge in [0.2, 0.25) is 0 Å². The van der Waals surface area contributed by atoms with E-state index in [1.54, 1.807) is 28.7 Å². The van der Waals surface area contributed by atoms with Crippen molar-refractivity contribution in [2.45, 2.75) is 182 Å². The van der Waals surface area contributed by atoms with Gasteiger partial charge in [-0.25, -0.2) is 14.6 Å². The number of nitrogens with zero attached hydrogens (tertiary/aromatic N) is 5. The maximum absolute atomic E-state index is 12.1. The number of carboxylic acids is 2. The summed E-state index contributed by atoms with van der Waals surface area (Å²) in [5.74, 6) is 0.110. The topological polar surface area (TPSA) is 162 Å². The van der Waals surface area contributed by atoms with Crippen molar-refractivity contribution in [3.05, 3.63) is 153 Å². The molecule has 0 aliphatic heterocycles. The van der Waals surface area contributed by atoms with Crippen LogP contribution in [0.25, 0.3) is 75.0 Å². The fraction of sp³-hybridized carbons (Fsp3) is 0.380. The molecule has 5 aromatic heterocycles. The number of fused-ring (bicyclic) bond motifs is 1. The molecule has 0 fully saturated rings. The molecular formula is C79H89N5O6S4. The Morgan fingerprint density at radius 2 is 0.883 bits per heavy atom. The number of imidazole rings is 1. The standard InChI is InChI=1S/C79H89N5O6S4/c1-6-11-16-21-26-56-49-73(93-71(56)51-58(53-80)78(85)86)69-44-42-67(91-69)65-40-41-66(68-43-45-70(92-68)74-50-57(27-22-17-12-7-2)72(94-74)52-59(54-81)79(87)88)76-75(65)82-77(83(76)46-23-18-13-8-3)55-28-30-60(31-29-55)84(61-32-36-63(37-33-61)89-47-24-19-14-9-4)62-34-38-64(39-35-62)90-48-25-20-15-10-5/h28-45,49-52H,6-27,46-48H2,1-5H3,(H,85,86)(H,87,88)/b58-51+,59-52-. The number of carbonyl (C=O) groups is 2. The average Bonchev–Trinajstić information content (AvgIpc) is 1.57. The second kappa shape index (κ2) is 36.0. The third-order valence-electron chi connectivity index (χ3n) is 17.0. The van der Waals surface area contributed by atoms with Crippen LogP contribution in [0, 0.1) is 22.7 Å². The summed E-state index contributed by atoms with van der Waals surface area (Å²) in [7, 11) is 0. The fourth-order valence-corrected chi connectivity index (χ4v) is 16.4. The van der Waals surface area contributed by atoms with Crippen LogP contribution in [0.1, 0.15) is 184 Å². The normalized spacial score (nSPS) is 11.7. The van der Waals surface area contributed by atoms with Crippen molar-refractivity contribution in [3.8, 4) is 75.4 Å². The molecule has 0 atom stereocenters. The summed E-state index contributed by atoms with van der Waals surface area (Å²) in [5.41, 5.74) is 9.53. The lowest BCUT2D eigenvalue weighted by Gasteiger charge is -2.26. The van der Waals surface area contributed by atoms with E-state index in [0.29, 0.717) is 13.2 Å². The number of benzene rings is 4. The van der Waals surface area contributed by atoms with Crippen molar-refractivity contribution >= 4 is 97.5 Å². The molecule has 0 aliphatic rings. The Morgan fingerprint density at radius 1 is 0.479 bits per heavy atom. The maximum Gasteiger partial charge on any atom is 0.346 e. The Morgan fingerprint density at radius 3 is 1.32 bits per heavy atom. The summed E-state index contributed by atoms with van der Waals surface area (Å²) in [6, 6.07) is 47.0. The zero-order valence-electron chi connectivity index (χ0n) is 55.3. The van der Waals surface area contributed by atoms with Gasteiger partial charge in [0.25, 0.3) is 0 Å². The first-order valence-electron chi connectivity index (χ1n) is 34.1. The van der Waals surface area contributed by atoms with Crippen molar-refractivity contribution < 1.29 is 29.3 Å². The van der Waals surface area contributed by atoms with Gasteiger partial charge in [-0.2, -0.15) is 10.5 Å². The van der Waals surface area contributed by atoms with E-state index in [1.165, 1.54) is 54.4 Å². The molecule has 2 N–H and O–H groups in total. The van der Waals surface area contributed by atoms with Crippen LogP contribution in [-0.4, -0.2) is 44.9 Å². The molecule has 9 aromatic rings. The SMILES string of the molecule is CCCCCCOc1ccc(N(c2ccc(OCCCCCC)cc2)c2ccc(-c3nc4c(-c5ccc(-c6cc(CCCCCC)c(/C=C(\C#N)C(=O)O)s6)s5)ccc(-c5ccc(-c6cc(CCCCCC)c(/C=C(/C#N)C(=O)O)s6)s5)c4n3CCCCCC)cc2)cc1. The number of unbranched alkanes of at least 4 members (excludes halogenated alkanes) is 15. The highest BCUT2D eigenvalue weighted by atomic mass is 32.1. The van der Waals surface area contributed by atoms with Crippen LogP contribution in [0.4, 0.5) is 17.1 Å². The van der Waals surface area contributed by atoms with Gasteiger partial charge in [0.15, 0.2) is 0 Å². The Labute approximate surface area is 572 Å². The lowest BCUT2D eigenvalue weighted by Crippen LogP contribution is -2.10. The van der Waals surface area contributed by atoms with E-state index in [1.807, 2.05) is 12.1 Å². The minimum absolute atomic E-state index is 0.275. The Bertz CT molecular complexity index is 4010.